The summed E-state index contributed by atoms with van der Waals surface area (Å²) in [7, 11) is 0. The molecule has 2 aromatic carbocycles. The molecule has 2 rings (SSSR count). The van der Waals surface area contributed by atoms with Crippen molar-refractivity contribution in [3.8, 4) is 0 Å². The maximum atomic E-state index is 2.43. The molecule has 0 saturated carbocycles. The van der Waals surface area contributed by atoms with E-state index in [1.165, 1.54) is 17.7 Å². The largest absolute Gasteiger partial charge is 0.367 e. The molecule has 0 spiro atoms. The molecule has 0 aromatic heterocycles. The van der Waals surface area contributed by atoms with Crippen LogP contribution in [0.2, 0.25) is 0 Å². The van der Waals surface area contributed by atoms with Crippen LogP contribution in [0.25, 0.3) is 0 Å². The zero-order valence-corrected chi connectivity index (χ0v) is 10.3. The number of hydrogen-bond acceptors (Lipinski definition) is 1. The van der Waals surface area contributed by atoms with E-state index in [0.29, 0.717) is 0 Å². The Morgan fingerprint density at radius 3 is 2.00 bits per heavy atom. The lowest BCUT2D eigenvalue weighted by atomic mass is 10.2. The third kappa shape index (κ3) is 3.35. The third-order valence-electron chi connectivity index (χ3n) is 2.83. The second kappa shape index (κ2) is 6.09. The Kier molecular flexibility index (Phi) is 4.20. The van der Waals surface area contributed by atoms with Gasteiger partial charge in [-0.25, -0.2) is 0 Å². The molecule has 0 fully saturated rings. The zero-order valence-electron chi connectivity index (χ0n) is 10.3. The van der Waals surface area contributed by atoms with Gasteiger partial charge in [0.05, 0.1) is 0 Å². The molecule has 2 aromatic rings. The monoisotopic (exact) mass is 225 g/mol. The highest BCUT2D eigenvalue weighted by Gasteiger charge is 2.05. The first-order valence-corrected chi connectivity index (χ1v) is 6.24. The molecular weight excluding hydrogens is 206 g/mol. The summed E-state index contributed by atoms with van der Waals surface area (Å²) < 4.78 is 0. The number of rotatable bonds is 5. The van der Waals surface area contributed by atoms with Crippen molar-refractivity contribution in [2.75, 3.05) is 11.4 Å². The lowest BCUT2D eigenvalue weighted by Crippen LogP contribution is -2.23. The minimum Gasteiger partial charge on any atom is -0.367 e. The van der Waals surface area contributed by atoms with Gasteiger partial charge in [-0.3, -0.25) is 0 Å². The van der Waals surface area contributed by atoms with Crippen LogP contribution in [-0.4, -0.2) is 6.54 Å². The molecule has 0 atom stereocenters. The van der Waals surface area contributed by atoms with Crippen LogP contribution >= 0.6 is 0 Å². The molecule has 0 N–H and O–H groups in total. The van der Waals surface area contributed by atoms with Crippen molar-refractivity contribution in [1.82, 2.24) is 0 Å². The Morgan fingerprint density at radius 1 is 0.824 bits per heavy atom. The van der Waals surface area contributed by atoms with Crippen LogP contribution in [0.4, 0.5) is 5.69 Å². The van der Waals surface area contributed by atoms with E-state index in [1.807, 2.05) is 0 Å². The molecular formula is C16H19N. The quantitative estimate of drug-likeness (QED) is 0.740. The topological polar surface area (TPSA) is 3.24 Å². The Morgan fingerprint density at radius 2 is 1.41 bits per heavy atom. The van der Waals surface area contributed by atoms with Crippen molar-refractivity contribution in [2.24, 2.45) is 0 Å². The van der Waals surface area contributed by atoms with Crippen molar-refractivity contribution in [3.63, 3.8) is 0 Å². The standard InChI is InChI=1S/C16H19N/c1-2-13-17(16-11-7-4-8-12-16)14-15-9-5-3-6-10-15/h3-12H,2,13-14H2,1H3. The average Bonchev–Trinajstić information content (AvgIpc) is 2.40. The summed E-state index contributed by atoms with van der Waals surface area (Å²) >= 11 is 0. The van der Waals surface area contributed by atoms with Crippen LogP contribution in [0, 0.1) is 0 Å². The van der Waals surface area contributed by atoms with Gasteiger partial charge in [-0.05, 0) is 24.1 Å². The predicted molar refractivity (Wildman–Crippen MR) is 74.2 cm³/mol. The molecule has 0 aliphatic heterocycles. The maximum Gasteiger partial charge on any atom is 0.0429 e. The molecule has 0 bridgehead atoms. The maximum absolute atomic E-state index is 2.43. The van der Waals surface area contributed by atoms with Crippen molar-refractivity contribution < 1.29 is 0 Å². The fourth-order valence-corrected chi connectivity index (χ4v) is 2.01. The number of para-hydroxylation sites is 1. The van der Waals surface area contributed by atoms with E-state index in [9.17, 15) is 0 Å². The molecule has 0 amide bonds. The van der Waals surface area contributed by atoms with E-state index in [1.54, 1.807) is 0 Å². The molecule has 17 heavy (non-hydrogen) atoms. The highest BCUT2D eigenvalue weighted by atomic mass is 15.1. The smallest absolute Gasteiger partial charge is 0.0429 e. The average molecular weight is 225 g/mol. The van der Waals surface area contributed by atoms with Gasteiger partial charge in [-0.2, -0.15) is 0 Å². The van der Waals surface area contributed by atoms with Gasteiger partial charge < -0.3 is 4.90 Å². The van der Waals surface area contributed by atoms with Crippen molar-refractivity contribution >= 4 is 5.69 Å². The van der Waals surface area contributed by atoms with E-state index >= 15 is 0 Å². The van der Waals surface area contributed by atoms with Gasteiger partial charge in [-0.1, -0.05) is 55.5 Å². The summed E-state index contributed by atoms with van der Waals surface area (Å²) in [5.41, 5.74) is 2.67. The fraction of sp³-hybridized carbons (Fsp3) is 0.250. The molecule has 0 heterocycles. The molecule has 1 nitrogen and oxygen atoms in total. The highest BCUT2D eigenvalue weighted by molar-refractivity contribution is 5.46. The van der Waals surface area contributed by atoms with Crippen molar-refractivity contribution in [1.29, 1.82) is 0 Å². The Labute approximate surface area is 104 Å². The number of anilines is 1. The second-order valence-corrected chi connectivity index (χ2v) is 4.24. The first kappa shape index (κ1) is 11.7. The summed E-state index contributed by atoms with van der Waals surface area (Å²) in [6, 6.07) is 21.3. The van der Waals surface area contributed by atoms with E-state index in [2.05, 4.69) is 72.5 Å². The lowest BCUT2D eigenvalue weighted by molar-refractivity contribution is 0.767. The third-order valence-corrected chi connectivity index (χ3v) is 2.83. The summed E-state index contributed by atoms with van der Waals surface area (Å²) in [5, 5.41) is 0. The summed E-state index contributed by atoms with van der Waals surface area (Å²) in [6.07, 6.45) is 1.17. The number of hydrogen-bond donors (Lipinski definition) is 0. The molecule has 0 radical (unpaired) electrons. The molecule has 0 aliphatic rings. The fourth-order valence-electron chi connectivity index (χ4n) is 2.01. The molecule has 0 saturated heterocycles. The normalized spacial score (nSPS) is 10.2. The summed E-state index contributed by atoms with van der Waals surface area (Å²) in [4.78, 5) is 2.43. The van der Waals surface area contributed by atoms with E-state index in [-0.39, 0.29) is 0 Å². The van der Waals surface area contributed by atoms with Crippen LogP contribution in [0.3, 0.4) is 0 Å². The molecule has 88 valence electrons. The van der Waals surface area contributed by atoms with Gasteiger partial charge in [0, 0.05) is 18.8 Å². The Hall–Kier alpha value is -1.76. The minimum atomic E-state index is 0.985. The van der Waals surface area contributed by atoms with Gasteiger partial charge in [0.1, 0.15) is 0 Å². The Balaban J connectivity index is 2.13. The summed E-state index contributed by atoms with van der Waals surface area (Å²) in [5.74, 6) is 0. The molecule has 0 unspecified atom stereocenters. The van der Waals surface area contributed by atoms with Crippen LogP contribution in [0.15, 0.2) is 60.7 Å². The zero-order chi connectivity index (χ0) is 11.9. The van der Waals surface area contributed by atoms with E-state index < -0.39 is 0 Å². The van der Waals surface area contributed by atoms with Gasteiger partial charge in [0.15, 0.2) is 0 Å². The number of nitrogens with zero attached hydrogens (tertiary/aromatic N) is 1. The summed E-state index contributed by atoms with van der Waals surface area (Å²) in [6.45, 7) is 4.30. The molecule has 0 aliphatic carbocycles. The van der Waals surface area contributed by atoms with Crippen LogP contribution in [-0.2, 0) is 6.54 Å². The SMILES string of the molecule is CCCN(Cc1ccccc1)c1ccccc1. The van der Waals surface area contributed by atoms with Crippen LogP contribution in [0.1, 0.15) is 18.9 Å². The lowest BCUT2D eigenvalue weighted by Gasteiger charge is -2.24. The van der Waals surface area contributed by atoms with E-state index in [0.717, 1.165) is 13.1 Å². The first-order valence-electron chi connectivity index (χ1n) is 6.24. The minimum absolute atomic E-state index is 0.985. The van der Waals surface area contributed by atoms with Gasteiger partial charge in [0.2, 0.25) is 0 Å². The molecule has 1 heteroatoms. The Bertz CT molecular complexity index is 422. The van der Waals surface area contributed by atoms with Crippen LogP contribution < -0.4 is 4.90 Å². The first-order chi connectivity index (χ1) is 8.40. The van der Waals surface area contributed by atoms with Crippen molar-refractivity contribution in [2.45, 2.75) is 19.9 Å². The highest BCUT2D eigenvalue weighted by Crippen LogP contribution is 2.16. The van der Waals surface area contributed by atoms with E-state index in [4.69, 9.17) is 0 Å². The van der Waals surface area contributed by atoms with Gasteiger partial charge in [0.25, 0.3) is 0 Å². The predicted octanol–water partition coefficient (Wildman–Crippen LogP) is 4.10. The van der Waals surface area contributed by atoms with Gasteiger partial charge >= 0.3 is 0 Å². The van der Waals surface area contributed by atoms with Crippen molar-refractivity contribution in [3.05, 3.63) is 66.2 Å². The number of benzene rings is 2. The van der Waals surface area contributed by atoms with Gasteiger partial charge in [-0.15, -0.1) is 0 Å². The van der Waals surface area contributed by atoms with Crippen LogP contribution in [0.5, 0.6) is 0 Å². The second-order valence-electron chi connectivity index (χ2n) is 4.24.